The lowest BCUT2D eigenvalue weighted by Gasteiger charge is -2.09. The molecule has 0 aliphatic heterocycles. The molecule has 0 radical (unpaired) electrons. The Labute approximate surface area is 94.1 Å². The molecule has 4 heteroatoms. The lowest BCUT2D eigenvalue weighted by Crippen LogP contribution is -1.90. The van der Waals surface area contributed by atoms with Gasteiger partial charge in [-0.2, -0.15) is 0 Å². The molecule has 86 valence electrons. The van der Waals surface area contributed by atoms with Crippen LogP contribution < -0.4 is 9.47 Å². The molecule has 1 N–H and O–H groups in total. The van der Waals surface area contributed by atoms with Crippen LogP contribution in [0.15, 0.2) is 18.2 Å². The second-order valence-electron chi connectivity index (χ2n) is 3.22. The van der Waals surface area contributed by atoms with E-state index < -0.39 is 0 Å². The molecule has 0 heterocycles. The third kappa shape index (κ3) is 2.76. The van der Waals surface area contributed by atoms with Crippen molar-refractivity contribution < 1.29 is 19.4 Å². The largest absolute Gasteiger partial charge is 0.502 e. The van der Waals surface area contributed by atoms with Gasteiger partial charge in [0.05, 0.1) is 14.2 Å². The third-order valence-corrected chi connectivity index (χ3v) is 2.01. The molecule has 0 aliphatic rings. The molecule has 0 aromatic heterocycles. The first kappa shape index (κ1) is 12.1. The average Bonchev–Trinajstić information content (AvgIpc) is 2.27. The first-order chi connectivity index (χ1) is 7.58. The van der Waals surface area contributed by atoms with Crippen LogP contribution in [0.4, 0.5) is 0 Å². The second-order valence-corrected chi connectivity index (χ2v) is 3.22. The smallest absolute Gasteiger partial charge is 0.200 e. The van der Waals surface area contributed by atoms with Gasteiger partial charge in [0.2, 0.25) is 5.75 Å². The number of phenolic OH excluding ortho intramolecular Hbond substituents is 1. The second kappa shape index (κ2) is 5.21. The molecule has 16 heavy (non-hydrogen) atoms. The molecule has 0 amide bonds. The maximum atomic E-state index is 10.8. The van der Waals surface area contributed by atoms with Crippen LogP contribution in [0.1, 0.15) is 12.5 Å². The summed E-state index contributed by atoms with van der Waals surface area (Å²) in [6.07, 6.45) is 3.07. The molecule has 0 unspecified atom stereocenters. The van der Waals surface area contributed by atoms with Gasteiger partial charge in [-0.1, -0.05) is 6.08 Å². The van der Waals surface area contributed by atoms with Crippen molar-refractivity contribution in [3.05, 3.63) is 23.8 Å². The molecular weight excluding hydrogens is 208 g/mol. The van der Waals surface area contributed by atoms with E-state index in [1.165, 1.54) is 27.2 Å². The number of allylic oxidation sites excluding steroid dienone is 1. The van der Waals surface area contributed by atoms with Crippen LogP contribution in [0, 0.1) is 0 Å². The molecule has 0 bridgehead atoms. The number of benzene rings is 1. The number of ether oxygens (including phenoxy) is 2. The van der Waals surface area contributed by atoms with Gasteiger partial charge in [0.25, 0.3) is 0 Å². The van der Waals surface area contributed by atoms with Gasteiger partial charge in [0.15, 0.2) is 17.3 Å². The zero-order valence-corrected chi connectivity index (χ0v) is 9.48. The Balaban J connectivity index is 3.16. The molecule has 0 aliphatic carbocycles. The summed E-state index contributed by atoms with van der Waals surface area (Å²) in [4.78, 5) is 10.8. The first-order valence-corrected chi connectivity index (χ1v) is 4.72. The van der Waals surface area contributed by atoms with Gasteiger partial charge < -0.3 is 14.6 Å². The topological polar surface area (TPSA) is 55.8 Å². The van der Waals surface area contributed by atoms with Crippen molar-refractivity contribution in [2.75, 3.05) is 14.2 Å². The van der Waals surface area contributed by atoms with Crippen LogP contribution in [0.2, 0.25) is 0 Å². The molecule has 4 nitrogen and oxygen atoms in total. The number of rotatable bonds is 4. The highest BCUT2D eigenvalue weighted by molar-refractivity contribution is 5.91. The monoisotopic (exact) mass is 222 g/mol. The van der Waals surface area contributed by atoms with E-state index in [0.717, 1.165) is 5.56 Å². The number of aromatic hydroxyl groups is 1. The number of phenols is 1. The van der Waals surface area contributed by atoms with Gasteiger partial charge in [0, 0.05) is 0 Å². The van der Waals surface area contributed by atoms with Gasteiger partial charge in [-0.15, -0.1) is 0 Å². The molecule has 1 aromatic carbocycles. The van der Waals surface area contributed by atoms with Crippen molar-refractivity contribution in [3.63, 3.8) is 0 Å². The number of ketones is 1. The highest BCUT2D eigenvalue weighted by Gasteiger charge is 2.09. The van der Waals surface area contributed by atoms with Crippen LogP contribution in [-0.4, -0.2) is 25.1 Å². The van der Waals surface area contributed by atoms with E-state index in [2.05, 4.69) is 0 Å². The Bertz CT molecular complexity index is 396. The fraction of sp³-hybridized carbons (Fsp3) is 0.250. The molecule has 0 spiro atoms. The minimum absolute atomic E-state index is 0.0500. The Morgan fingerprint density at radius 3 is 2.12 bits per heavy atom. The highest BCUT2D eigenvalue weighted by atomic mass is 16.5. The predicted molar refractivity (Wildman–Crippen MR) is 60.9 cm³/mol. The van der Waals surface area contributed by atoms with Crippen LogP contribution in [-0.2, 0) is 4.79 Å². The summed E-state index contributed by atoms with van der Waals surface area (Å²) in [5, 5.41) is 9.65. The normalized spacial score (nSPS) is 10.4. The standard InChI is InChI=1S/C12H14O4/c1-8(13)4-5-9-6-10(15-2)12(14)11(7-9)16-3/h4-7,14H,1-3H3. The molecule has 0 saturated heterocycles. The summed E-state index contributed by atoms with van der Waals surface area (Å²) in [5.74, 6) is 0.515. The van der Waals surface area contributed by atoms with Crippen LogP contribution in [0.3, 0.4) is 0 Å². The number of hydrogen-bond donors (Lipinski definition) is 1. The van der Waals surface area contributed by atoms with Gasteiger partial charge in [-0.3, -0.25) is 4.79 Å². The first-order valence-electron chi connectivity index (χ1n) is 4.72. The van der Waals surface area contributed by atoms with E-state index in [-0.39, 0.29) is 11.5 Å². The molecular formula is C12H14O4. The fourth-order valence-corrected chi connectivity index (χ4v) is 1.22. The van der Waals surface area contributed by atoms with E-state index in [0.29, 0.717) is 11.5 Å². The molecule has 1 aromatic rings. The van der Waals surface area contributed by atoms with Crippen molar-refractivity contribution in [2.24, 2.45) is 0 Å². The summed E-state index contributed by atoms with van der Waals surface area (Å²) in [7, 11) is 2.90. The number of methoxy groups -OCH3 is 2. The number of carbonyl (C=O) groups is 1. The highest BCUT2D eigenvalue weighted by Crippen LogP contribution is 2.37. The minimum atomic E-state index is -0.0509. The predicted octanol–water partition coefficient (Wildman–Crippen LogP) is 2.01. The SMILES string of the molecule is COc1cc(C=CC(C)=O)cc(OC)c1O. The summed E-state index contributed by atoms with van der Waals surface area (Å²) < 4.78 is 9.97. The van der Waals surface area contributed by atoms with Crippen molar-refractivity contribution in [2.45, 2.75) is 6.92 Å². The van der Waals surface area contributed by atoms with Gasteiger partial charge >= 0.3 is 0 Å². The van der Waals surface area contributed by atoms with Crippen molar-refractivity contribution in [3.8, 4) is 17.2 Å². The van der Waals surface area contributed by atoms with E-state index >= 15 is 0 Å². The molecule has 0 fully saturated rings. The van der Waals surface area contributed by atoms with Gasteiger partial charge in [-0.25, -0.2) is 0 Å². The summed E-state index contributed by atoms with van der Waals surface area (Å²) in [6.45, 7) is 1.46. The molecule has 0 saturated carbocycles. The van der Waals surface area contributed by atoms with Crippen LogP contribution in [0.25, 0.3) is 6.08 Å². The number of hydrogen-bond acceptors (Lipinski definition) is 4. The summed E-state index contributed by atoms with van der Waals surface area (Å²) in [6, 6.07) is 3.24. The van der Waals surface area contributed by atoms with Crippen molar-refractivity contribution in [1.82, 2.24) is 0 Å². The fourth-order valence-electron chi connectivity index (χ4n) is 1.22. The summed E-state index contributed by atoms with van der Waals surface area (Å²) >= 11 is 0. The van der Waals surface area contributed by atoms with Crippen molar-refractivity contribution >= 4 is 11.9 Å². The quantitative estimate of drug-likeness (QED) is 0.792. The lowest BCUT2D eigenvalue weighted by molar-refractivity contribution is -0.112. The Morgan fingerprint density at radius 1 is 1.25 bits per heavy atom. The Kier molecular flexibility index (Phi) is 3.94. The Hall–Kier alpha value is -1.97. The van der Waals surface area contributed by atoms with Crippen LogP contribution >= 0.6 is 0 Å². The zero-order chi connectivity index (χ0) is 12.1. The third-order valence-electron chi connectivity index (χ3n) is 2.01. The van der Waals surface area contributed by atoms with Gasteiger partial charge in [0.1, 0.15) is 0 Å². The van der Waals surface area contributed by atoms with E-state index in [4.69, 9.17) is 9.47 Å². The summed E-state index contributed by atoms with van der Waals surface area (Å²) in [5.41, 5.74) is 0.724. The Morgan fingerprint density at radius 2 is 1.75 bits per heavy atom. The van der Waals surface area contributed by atoms with E-state index in [1.807, 2.05) is 0 Å². The average molecular weight is 222 g/mol. The minimum Gasteiger partial charge on any atom is -0.502 e. The maximum Gasteiger partial charge on any atom is 0.200 e. The van der Waals surface area contributed by atoms with E-state index in [9.17, 15) is 9.90 Å². The zero-order valence-electron chi connectivity index (χ0n) is 9.48. The van der Waals surface area contributed by atoms with E-state index in [1.54, 1.807) is 18.2 Å². The number of carbonyl (C=O) groups excluding carboxylic acids is 1. The maximum absolute atomic E-state index is 10.8. The molecule has 0 atom stereocenters. The van der Waals surface area contributed by atoms with Crippen molar-refractivity contribution in [1.29, 1.82) is 0 Å². The lowest BCUT2D eigenvalue weighted by atomic mass is 10.1. The molecule has 1 rings (SSSR count). The van der Waals surface area contributed by atoms with Crippen LogP contribution in [0.5, 0.6) is 17.2 Å². The van der Waals surface area contributed by atoms with Gasteiger partial charge in [-0.05, 0) is 30.7 Å².